The summed E-state index contributed by atoms with van der Waals surface area (Å²) in [6, 6.07) is 102. The minimum absolute atomic E-state index is 0.0185. The average molecular weight is 1290 g/mol. The van der Waals surface area contributed by atoms with Crippen molar-refractivity contribution in [3.63, 3.8) is 0 Å². The highest BCUT2D eigenvalue weighted by Gasteiger charge is 2.25. The van der Waals surface area contributed by atoms with E-state index in [2.05, 4.69) is 324 Å². The van der Waals surface area contributed by atoms with Gasteiger partial charge in [-0.1, -0.05) is 199 Å². The van der Waals surface area contributed by atoms with Crippen molar-refractivity contribution in [2.24, 2.45) is 0 Å². The third kappa shape index (κ3) is 10.1. The number of furan rings is 4. The molecule has 6 nitrogen and oxygen atoms in total. The Morgan fingerprint density at radius 1 is 0.290 bits per heavy atom. The topological polar surface area (TPSA) is 59.0 Å². The van der Waals surface area contributed by atoms with E-state index in [-0.39, 0.29) is 10.8 Å². The van der Waals surface area contributed by atoms with Gasteiger partial charge in [0.15, 0.2) is 0 Å². The predicted octanol–water partition coefficient (Wildman–Crippen LogP) is 27.6. The Balaban J connectivity index is 0.661. The largest absolute Gasteiger partial charge is 0.456 e. The summed E-state index contributed by atoms with van der Waals surface area (Å²) >= 11 is 0. The van der Waals surface area contributed by atoms with Gasteiger partial charge in [-0.2, -0.15) is 0 Å². The number of fused-ring (bicyclic) bond motifs is 14. The van der Waals surface area contributed by atoms with Gasteiger partial charge in [0.1, 0.15) is 45.2 Å². The first-order chi connectivity index (χ1) is 48.7. The van der Waals surface area contributed by atoms with E-state index in [9.17, 15) is 0 Å². The fourth-order valence-electron chi connectivity index (χ4n) is 15.5. The zero-order valence-electron chi connectivity index (χ0n) is 56.7. The molecule has 0 saturated heterocycles. The van der Waals surface area contributed by atoms with E-state index >= 15 is 0 Å². The summed E-state index contributed by atoms with van der Waals surface area (Å²) in [5.41, 5.74) is 21.1. The van der Waals surface area contributed by atoms with Crippen LogP contribution in [-0.4, -0.2) is 0 Å². The van der Waals surface area contributed by atoms with Crippen LogP contribution in [0.4, 0.5) is 34.1 Å². The molecule has 18 aromatic rings. The van der Waals surface area contributed by atoms with Crippen LogP contribution in [0.5, 0.6) is 0 Å². The van der Waals surface area contributed by atoms with E-state index in [0.717, 1.165) is 196 Å². The van der Waals surface area contributed by atoms with E-state index < -0.39 is 0 Å². The molecule has 0 aliphatic heterocycles. The number of aryl methyl sites for hydroxylation is 1. The number of anilines is 6. The van der Waals surface area contributed by atoms with Crippen LogP contribution < -0.4 is 9.80 Å². The van der Waals surface area contributed by atoms with Crippen LogP contribution in [0.25, 0.3) is 149 Å². The molecule has 0 unspecified atom stereocenters. The molecule has 100 heavy (non-hydrogen) atoms. The highest BCUT2D eigenvalue weighted by Crippen LogP contribution is 2.48. The Bertz CT molecular complexity index is 6310. The van der Waals surface area contributed by atoms with E-state index in [4.69, 9.17) is 17.7 Å². The molecule has 0 radical (unpaired) electrons. The SMILES string of the molecule is CC(C)(C)c1ccc(N(c2ccc(-c3cc4oc5cc6c(cc5c4c4ccccc34)oc3cc(-c4ccc(N(c5ccc(C(C)(C)C)cc5)c5ccc7cc(-c8cc9ccccc9o8)ccc7c5)cc4)c4ccccc4c36)cc2)c2ccc3cc(-c4cc5c(o4)C=CCC5)ccc3c2)cc1. The Morgan fingerprint density at radius 2 is 0.700 bits per heavy atom. The smallest absolute Gasteiger partial charge is 0.136 e. The standard InChI is InChI=1S/C94H70N2O4/c1-93(2,3)67-33-43-71(44-34-67)95(73-41-31-59-47-65(25-23-61(59)49-73)85-51-63-15-7-13-21-83(63)97-85)69-37-27-57(28-38-69)79-53-89-91(77-19-11-9-17-75(77)79)81-55-88-82(56-87(81)99-89)92-78-20-12-10-18-76(78)80(54-90(92)100-88)58-29-39-70(40-30-58)96(72-45-35-68(36-46-72)94(4,5)6)74-42-32-60-48-66(26-24-62(60)50-74)86-52-64-16-8-14-22-84(64)98-86/h7,9-15,17-56H,8,16H2,1-6H3. The van der Waals surface area contributed by atoms with Crippen molar-refractivity contribution in [3.05, 3.63) is 308 Å². The van der Waals surface area contributed by atoms with Crippen LogP contribution >= 0.6 is 0 Å². The molecular formula is C94H70N2O4. The number of rotatable bonds is 10. The van der Waals surface area contributed by atoms with E-state index in [1.54, 1.807) is 0 Å². The van der Waals surface area contributed by atoms with Crippen molar-refractivity contribution in [3.8, 4) is 44.9 Å². The van der Waals surface area contributed by atoms with Gasteiger partial charge >= 0.3 is 0 Å². The first kappa shape index (κ1) is 59.2. The van der Waals surface area contributed by atoms with Gasteiger partial charge in [-0.05, 0) is 239 Å². The summed E-state index contributed by atoms with van der Waals surface area (Å²) in [7, 11) is 0. The number of nitrogens with zero attached hydrogens (tertiary/aromatic N) is 2. The van der Waals surface area contributed by atoms with Crippen LogP contribution in [0.15, 0.2) is 303 Å². The zero-order chi connectivity index (χ0) is 67.1. The van der Waals surface area contributed by atoms with Crippen LogP contribution in [0.3, 0.4) is 0 Å². The molecule has 0 spiro atoms. The molecule has 0 atom stereocenters. The monoisotopic (exact) mass is 1290 g/mol. The Labute approximate surface area is 579 Å². The maximum atomic E-state index is 7.05. The molecule has 0 saturated carbocycles. The molecule has 14 aromatic carbocycles. The normalized spacial score (nSPS) is 12.8. The minimum Gasteiger partial charge on any atom is -0.456 e. The maximum Gasteiger partial charge on any atom is 0.136 e. The van der Waals surface area contributed by atoms with Crippen LogP contribution in [0.1, 0.15) is 70.4 Å². The third-order valence-corrected chi connectivity index (χ3v) is 20.8. The second kappa shape index (κ2) is 22.7. The van der Waals surface area contributed by atoms with Gasteiger partial charge in [-0.3, -0.25) is 0 Å². The third-order valence-electron chi connectivity index (χ3n) is 20.8. The average Bonchev–Trinajstić information content (AvgIpc) is 1.54. The molecule has 1 aliphatic rings. The number of hydrogen-bond donors (Lipinski definition) is 0. The minimum atomic E-state index is 0.0185. The van der Waals surface area contributed by atoms with Crippen molar-refractivity contribution in [2.45, 2.75) is 65.2 Å². The molecule has 1 aliphatic carbocycles. The molecule has 4 heterocycles. The Morgan fingerprint density at radius 3 is 1.17 bits per heavy atom. The van der Waals surface area contributed by atoms with Gasteiger partial charge in [-0.15, -0.1) is 0 Å². The molecule has 0 bridgehead atoms. The number of allylic oxidation sites excluding steroid dienone is 1. The highest BCUT2D eigenvalue weighted by atomic mass is 16.3. The van der Waals surface area contributed by atoms with Gasteiger partial charge in [0, 0.05) is 72.2 Å². The molecule has 0 fully saturated rings. The molecule has 0 N–H and O–H groups in total. The van der Waals surface area contributed by atoms with Crippen molar-refractivity contribution >= 4 is 138 Å². The molecular weight excluding hydrogens is 1220 g/mol. The lowest BCUT2D eigenvalue weighted by molar-refractivity contribution is 0.565. The second-order valence-corrected chi connectivity index (χ2v) is 29.2. The fraction of sp³-hybridized carbons (Fsp3) is 0.106. The van der Waals surface area contributed by atoms with Gasteiger partial charge in [0.2, 0.25) is 0 Å². The molecule has 480 valence electrons. The molecule has 4 aromatic heterocycles. The maximum absolute atomic E-state index is 7.05. The van der Waals surface area contributed by atoms with Gasteiger partial charge in [0.25, 0.3) is 0 Å². The lowest BCUT2D eigenvalue weighted by Crippen LogP contribution is -2.13. The number of para-hydroxylation sites is 1. The summed E-state index contributed by atoms with van der Waals surface area (Å²) in [6.07, 6.45) is 6.37. The summed E-state index contributed by atoms with van der Waals surface area (Å²) in [5, 5.41) is 14.5. The summed E-state index contributed by atoms with van der Waals surface area (Å²) < 4.78 is 26.7. The highest BCUT2D eigenvalue weighted by molar-refractivity contribution is 6.27. The van der Waals surface area contributed by atoms with Gasteiger partial charge in [-0.25, -0.2) is 0 Å². The predicted molar refractivity (Wildman–Crippen MR) is 419 cm³/mol. The summed E-state index contributed by atoms with van der Waals surface area (Å²) in [6.45, 7) is 13.6. The fourth-order valence-corrected chi connectivity index (χ4v) is 15.5. The first-order valence-electron chi connectivity index (χ1n) is 34.8. The summed E-state index contributed by atoms with van der Waals surface area (Å²) in [4.78, 5) is 4.73. The quantitative estimate of drug-likeness (QED) is 0.136. The van der Waals surface area contributed by atoms with Crippen LogP contribution in [0.2, 0.25) is 0 Å². The lowest BCUT2D eigenvalue weighted by atomic mass is 9.87. The van der Waals surface area contributed by atoms with Crippen molar-refractivity contribution in [1.82, 2.24) is 0 Å². The van der Waals surface area contributed by atoms with Gasteiger partial charge < -0.3 is 27.5 Å². The Hall–Kier alpha value is -12.1. The van der Waals surface area contributed by atoms with Crippen LogP contribution in [0, 0.1) is 0 Å². The second-order valence-electron chi connectivity index (χ2n) is 29.2. The van der Waals surface area contributed by atoms with E-state index in [1.165, 1.54) is 16.7 Å². The Kier molecular flexibility index (Phi) is 13.5. The first-order valence-corrected chi connectivity index (χ1v) is 34.8. The van der Waals surface area contributed by atoms with Crippen molar-refractivity contribution in [2.75, 3.05) is 9.80 Å². The molecule has 0 amide bonds. The molecule has 19 rings (SSSR count). The number of hydrogen-bond acceptors (Lipinski definition) is 6. The van der Waals surface area contributed by atoms with E-state index in [1.807, 2.05) is 18.2 Å². The summed E-state index contributed by atoms with van der Waals surface area (Å²) in [5.74, 6) is 2.76. The molecule has 6 heteroatoms. The van der Waals surface area contributed by atoms with Crippen molar-refractivity contribution in [1.29, 1.82) is 0 Å². The van der Waals surface area contributed by atoms with E-state index in [0.29, 0.717) is 0 Å². The number of benzene rings is 14. The zero-order valence-corrected chi connectivity index (χ0v) is 56.7. The van der Waals surface area contributed by atoms with Crippen LogP contribution in [-0.2, 0) is 17.3 Å². The lowest BCUT2D eigenvalue weighted by Gasteiger charge is -2.27. The van der Waals surface area contributed by atoms with Crippen molar-refractivity contribution < 1.29 is 17.7 Å². The van der Waals surface area contributed by atoms with Gasteiger partial charge in [0.05, 0.1) is 0 Å².